The van der Waals surface area contributed by atoms with Crippen molar-refractivity contribution in [2.24, 2.45) is 0 Å². The van der Waals surface area contributed by atoms with Crippen LogP contribution in [-0.2, 0) is 4.74 Å². The van der Waals surface area contributed by atoms with Gasteiger partial charge >= 0.3 is 6.09 Å². The standard InChI is InChI=1S/C24H27N4O2/c1-24(2,3)30-23(29)27-21-10-6-7-15-28(21)22-25-14-13-20(26-22)19-12-11-17-8-4-5-9-18(17)16-19/h4-6,8-9,11-14,16,21H,7,10,15H2,1-3H3,(H,27,29). The van der Waals surface area contributed by atoms with Gasteiger partial charge in [-0.3, -0.25) is 0 Å². The molecular weight excluding hydrogens is 376 g/mol. The maximum atomic E-state index is 12.3. The average Bonchev–Trinajstić information content (AvgIpc) is 2.72. The zero-order chi connectivity index (χ0) is 21.1. The Morgan fingerprint density at radius 2 is 1.93 bits per heavy atom. The van der Waals surface area contributed by atoms with Gasteiger partial charge < -0.3 is 15.0 Å². The molecule has 6 nitrogen and oxygen atoms in total. The Morgan fingerprint density at radius 3 is 2.73 bits per heavy atom. The van der Waals surface area contributed by atoms with E-state index in [1.807, 2.05) is 43.9 Å². The number of alkyl carbamates (subject to hydrolysis) is 1. The number of hydrogen-bond donors (Lipinski definition) is 1. The molecule has 6 heteroatoms. The average molecular weight is 404 g/mol. The fraction of sp³-hybridized carbons (Fsp3) is 0.333. The van der Waals surface area contributed by atoms with E-state index in [1.165, 1.54) is 10.8 Å². The molecule has 1 atom stereocenters. The van der Waals surface area contributed by atoms with Crippen LogP contribution in [0.4, 0.5) is 10.7 Å². The Balaban J connectivity index is 1.58. The summed E-state index contributed by atoms with van der Waals surface area (Å²) in [5.74, 6) is 0.606. The zero-order valence-corrected chi connectivity index (χ0v) is 17.6. The van der Waals surface area contributed by atoms with E-state index in [-0.39, 0.29) is 6.17 Å². The molecule has 1 saturated heterocycles. The van der Waals surface area contributed by atoms with Gasteiger partial charge in [0.1, 0.15) is 11.8 Å². The van der Waals surface area contributed by atoms with Crippen LogP contribution in [-0.4, -0.2) is 34.4 Å². The van der Waals surface area contributed by atoms with Crippen LogP contribution in [0.3, 0.4) is 0 Å². The first-order valence-electron chi connectivity index (χ1n) is 10.3. The first kappa shape index (κ1) is 20.1. The largest absolute Gasteiger partial charge is 0.444 e. The molecule has 4 rings (SSSR count). The molecule has 1 unspecified atom stereocenters. The maximum absolute atomic E-state index is 12.3. The quantitative estimate of drug-likeness (QED) is 0.670. The second kappa shape index (κ2) is 8.30. The third-order valence-corrected chi connectivity index (χ3v) is 4.97. The summed E-state index contributed by atoms with van der Waals surface area (Å²) >= 11 is 0. The van der Waals surface area contributed by atoms with Crippen LogP contribution in [0.2, 0.25) is 0 Å². The Hall–Kier alpha value is -3.15. The molecular formula is C24H27N4O2. The van der Waals surface area contributed by atoms with Crippen LogP contribution < -0.4 is 10.2 Å². The number of piperidine rings is 1. The fourth-order valence-corrected chi connectivity index (χ4v) is 3.61. The predicted molar refractivity (Wildman–Crippen MR) is 119 cm³/mol. The Bertz CT molecular complexity index is 1040. The number of carbonyl (C=O) groups excluding carboxylic acids is 1. The van der Waals surface area contributed by atoms with Gasteiger partial charge in [0.2, 0.25) is 5.95 Å². The second-order valence-electron chi connectivity index (χ2n) is 8.47. The van der Waals surface area contributed by atoms with E-state index in [2.05, 4.69) is 47.1 Å². The zero-order valence-electron chi connectivity index (χ0n) is 17.6. The summed E-state index contributed by atoms with van der Waals surface area (Å²) in [6, 6.07) is 16.5. The van der Waals surface area contributed by atoms with Crippen molar-refractivity contribution in [3.8, 4) is 11.3 Å². The number of ether oxygens (including phenoxy) is 1. The summed E-state index contributed by atoms with van der Waals surface area (Å²) in [6.07, 6.45) is 4.90. The molecule has 1 amide bonds. The number of carbonyl (C=O) groups is 1. The van der Waals surface area contributed by atoms with Gasteiger partial charge in [0.15, 0.2) is 0 Å². The third-order valence-electron chi connectivity index (χ3n) is 4.97. The molecule has 1 N–H and O–H groups in total. The molecule has 1 fully saturated rings. The number of amides is 1. The minimum absolute atomic E-state index is 0.236. The molecule has 2 heterocycles. The number of aromatic nitrogens is 2. The minimum atomic E-state index is -0.542. The highest BCUT2D eigenvalue weighted by atomic mass is 16.6. The van der Waals surface area contributed by atoms with Gasteiger partial charge in [-0.15, -0.1) is 0 Å². The van der Waals surface area contributed by atoms with E-state index < -0.39 is 11.7 Å². The van der Waals surface area contributed by atoms with Crippen molar-refractivity contribution in [1.29, 1.82) is 0 Å². The van der Waals surface area contributed by atoms with Crippen LogP contribution >= 0.6 is 0 Å². The highest BCUT2D eigenvalue weighted by molar-refractivity contribution is 5.86. The predicted octanol–water partition coefficient (Wildman–Crippen LogP) is 4.95. The second-order valence-corrected chi connectivity index (χ2v) is 8.47. The van der Waals surface area contributed by atoms with Gasteiger partial charge in [0, 0.05) is 18.3 Å². The molecule has 0 spiro atoms. The van der Waals surface area contributed by atoms with Crippen molar-refractivity contribution < 1.29 is 9.53 Å². The fourth-order valence-electron chi connectivity index (χ4n) is 3.61. The normalized spacial score (nSPS) is 17.0. The van der Waals surface area contributed by atoms with E-state index in [0.29, 0.717) is 12.4 Å². The number of hydrogen-bond acceptors (Lipinski definition) is 5. The van der Waals surface area contributed by atoms with Crippen LogP contribution in [0.5, 0.6) is 0 Å². The molecule has 1 aliphatic heterocycles. The summed E-state index contributed by atoms with van der Waals surface area (Å²) < 4.78 is 5.43. The summed E-state index contributed by atoms with van der Waals surface area (Å²) in [6.45, 7) is 6.30. The summed E-state index contributed by atoms with van der Waals surface area (Å²) in [5.41, 5.74) is 1.36. The molecule has 155 valence electrons. The summed E-state index contributed by atoms with van der Waals surface area (Å²) in [4.78, 5) is 23.6. The number of rotatable bonds is 3. The van der Waals surface area contributed by atoms with Crippen molar-refractivity contribution >= 4 is 22.8 Å². The van der Waals surface area contributed by atoms with E-state index >= 15 is 0 Å². The molecule has 30 heavy (non-hydrogen) atoms. The summed E-state index contributed by atoms with van der Waals surface area (Å²) in [7, 11) is 0. The molecule has 0 saturated carbocycles. The van der Waals surface area contributed by atoms with Crippen LogP contribution in [0.1, 0.15) is 33.6 Å². The molecule has 0 bridgehead atoms. The SMILES string of the molecule is CC(C)(C)OC(=O)NC1C[CH]CCN1c1nccc(-c2ccc3ccccc3c2)n1. The van der Waals surface area contributed by atoms with Crippen molar-refractivity contribution in [1.82, 2.24) is 15.3 Å². The van der Waals surface area contributed by atoms with Gasteiger partial charge in [-0.1, -0.05) is 36.4 Å². The van der Waals surface area contributed by atoms with Crippen LogP contribution in [0.25, 0.3) is 22.0 Å². The van der Waals surface area contributed by atoms with Crippen molar-refractivity contribution in [3.63, 3.8) is 0 Å². The smallest absolute Gasteiger partial charge is 0.409 e. The van der Waals surface area contributed by atoms with Crippen molar-refractivity contribution in [3.05, 3.63) is 61.1 Å². The highest BCUT2D eigenvalue weighted by Gasteiger charge is 2.28. The van der Waals surface area contributed by atoms with Gasteiger partial charge in [0.25, 0.3) is 0 Å². The lowest BCUT2D eigenvalue weighted by Crippen LogP contribution is -2.52. The van der Waals surface area contributed by atoms with Crippen LogP contribution in [0, 0.1) is 6.42 Å². The molecule has 2 aromatic carbocycles. The summed E-state index contributed by atoms with van der Waals surface area (Å²) in [5, 5.41) is 5.33. The van der Waals surface area contributed by atoms with Crippen molar-refractivity contribution in [2.45, 2.75) is 45.4 Å². The van der Waals surface area contributed by atoms with Gasteiger partial charge in [-0.05, 0) is 62.9 Å². The number of fused-ring (bicyclic) bond motifs is 1. The van der Waals surface area contributed by atoms with E-state index in [0.717, 1.165) is 24.2 Å². The molecule has 1 aromatic heterocycles. The Labute approximate surface area is 177 Å². The number of anilines is 1. The minimum Gasteiger partial charge on any atom is -0.444 e. The lowest BCUT2D eigenvalue weighted by atomic mass is 10.0. The number of benzene rings is 2. The lowest BCUT2D eigenvalue weighted by molar-refractivity contribution is 0.0499. The number of nitrogens with zero attached hydrogens (tertiary/aromatic N) is 3. The first-order valence-corrected chi connectivity index (χ1v) is 10.3. The lowest BCUT2D eigenvalue weighted by Gasteiger charge is -2.36. The third kappa shape index (κ3) is 4.70. The molecule has 1 radical (unpaired) electrons. The Morgan fingerprint density at radius 1 is 1.13 bits per heavy atom. The van der Waals surface area contributed by atoms with Gasteiger partial charge in [-0.2, -0.15) is 0 Å². The first-order chi connectivity index (χ1) is 14.4. The monoisotopic (exact) mass is 403 g/mol. The number of nitrogens with one attached hydrogen (secondary N) is 1. The maximum Gasteiger partial charge on any atom is 0.409 e. The van der Waals surface area contributed by atoms with E-state index in [1.54, 1.807) is 6.20 Å². The van der Waals surface area contributed by atoms with E-state index in [9.17, 15) is 4.79 Å². The van der Waals surface area contributed by atoms with Crippen molar-refractivity contribution in [2.75, 3.05) is 11.4 Å². The van der Waals surface area contributed by atoms with Gasteiger partial charge in [0.05, 0.1) is 5.69 Å². The van der Waals surface area contributed by atoms with Crippen LogP contribution in [0.15, 0.2) is 54.7 Å². The molecule has 1 aliphatic rings. The molecule has 3 aromatic rings. The highest BCUT2D eigenvalue weighted by Crippen LogP contribution is 2.26. The molecule has 0 aliphatic carbocycles. The topological polar surface area (TPSA) is 67.3 Å². The van der Waals surface area contributed by atoms with E-state index in [4.69, 9.17) is 9.72 Å². The Kier molecular flexibility index (Phi) is 5.57. The van der Waals surface area contributed by atoms with Gasteiger partial charge in [-0.25, -0.2) is 14.8 Å².